The second-order valence-corrected chi connectivity index (χ2v) is 3.59. The largest absolute Gasteiger partial charge is 0.377 e. The van der Waals surface area contributed by atoms with Gasteiger partial charge in [-0.15, -0.1) is 0 Å². The third-order valence-corrected chi connectivity index (χ3v) is 2.28. The van der Waals surface area contributed by atoms with Crippen LogP contribution in [0.5, 0.6) is 0 Å². The van der Waals surface area contributed by atoms with Crippen molar-refractivity contribution >= 4 is 0 Å². The van der Waals surface area contributed by atoms with Crippen LogP contribution in [0.4, 0.5) is 0 Å². The highest BCUT2D eigenvalue weighted by atomic mass is 16.5. The number of ether oxygens (including phenoxy) is 1. The Morgan fingerprint density at radius 3 is 2.94 bits per heavy atom. The van der Waals surface area contributed by atoms with E-state index < -0.39 is 0 Å². The third-order valence-electron chi connectivity index (χ3n) is 2.28. The van der Waals surface area contributed by atoms with E-state index in [0.29, 0.717) is 12.4 Å². The van der Waals surface area contributed by atoms with Crippen LogP contribution in [0.1, 0.15) is 11.5 Å². The van der Waals surface area contributed by atoms with Gasteiger partial charge in [-0.2, -0.15) is 5.10 Å². The van der Waals surface area contributed by atoms with Gasteiger partial charge in [0.05, 0.1) is 0 Å². The van der Waals surface area contributed by atoms with Gasteiger partial charge in [0.25, 0.3) is 0 Å². The summed E-state index contributed by atoms with van der Waals surface area (Å²) < 4.78 is 6.78. The van der Waals surface area contributed by atoms with Crippen molar-refractivity contribution in [2.24, 2.45) is 7.05 Å². The van der Waals surface area contributed by atoms with Crippen LogP contribution in [-0.2, 0) is 18.4 Å². The molecular formula is C11H14N4O. The summed E-state index contributed by atoms with van der Waals surface area (Å²) in [5, 5.41) is 4.34. The Morgan fingerprint density at radius 1 is 1.44 bits per heavy atom. The summed E-state index contributed by atoms with van der Waals surface area (Å²) in [6.07, 6.45) is 1.76. The van der Waals surface area contributed by atoms with Crippen LogP contribution in [0.15, 0.2) is 18.3 Å². The molecule has 5 nitrogen and oxygen atoms in total. The molecule has 0 atom stereocenters. The van der Waals surface area contributed by atoms with Crippen molar-refractivity contribution in [2.75, 3.05) is 7.11 Å². The number of aromatic nitrogens is 4. The van der Waals surface area contributed by atoms with Crippen LogP contribution < -0.4 is 0 Å². The first-order valence-corrected chi connectivity index (χ1v) is 5.02. The van der Waals surface area contributed by atoms with Crippen molar-refractivity contribution in [2.45, 2.75) is 13.5 Å². The van der Waals surface area contributed by atoms with Gasteiger partial charge >= 0.3 is 0 Å². The van der Waals surface area contributed by atoms with Crippen molar-refractivity contribution < 1.29 is 4.74 Å². The van der Waals surface area contributed by atoms with E-state index >= 15 is 0 Å². The van der Waals surface area contributed by atoms with Gasteiger partial charge in [-0.3, -0.25) is 9.67 Å². The van der Waals surface area contributed by atoms with Gasteiger partial charge < -0.3 is 4.74 Å². The van der Waals surface area contributed by atoms with E-state index in [9.17, 15) is 0 Å². The maximum Gasteiger partial charge on any atom is 0.181 e. The van der Waals surface area contributed by atoms with Gasteiger partial charge in [0, 0.05) is 31.6 Å². The molecule has 16 heavy (non-hydrogen) atoms. The van der Waals surface area contributed by atoms with Crippen molar-refractivity contribution in [1.29, 1.82) is 0 Å². The molecule has 5 heteroatoms. The third kappa shape index (κ3) is 2.09. The molecule has 2 rings (SSSR count). The average Bonchev–Trinajstić information content (AvgIpc) is 2.61. The topological polar surface area (TPSA) is 52.8 Å². The summed E-state index contributed by atoms with van der Waals surface area (Å²) in [6, 6.07) is 3.87. The van der Waals surface area contributed by atoms with E-state index in [1.165, 1.54) is 0 Å². The zero-order chi connectivity index (χ0) is 11.5. The fourth-order valence-corrected chi connectivity index (χ4v) is 1.48. The summed E-state index contributed by atoms with van der Waals surface area (Å²) in [7, 11) is 3.50. The fourth-order valence-electron chi connectivity index (χ4n) is 1.48. The first-order chi connectivity index (χ1) is 7.70. The maximum atomic E-state index is 5.05. The molecule has 0 saturated heterocycles. The SMILES string of the molecule is COCc1nc(-c2ccnc(C)c2)nn1C. The predicted octanol–water partition coefficient (Wildman–Crippen LogP) is 1.33. The normalized spacial score (nSPS) is 10.7. The van der Waals surface area contributed by atoms with E-state index in [0.717, 1.165) is 17.1 Å². The number of pyridine rings is 1. The molecule has 84 valence electrons. The lowest BCUT2D eigenvalue weighted by atomic mass is 10.2. The molecule has 0 aliphatic rings. The first kappa shape index (κ1) is 10.8. The molecular weight excluding hydrogens is 204 g/mol. The Balaban J connectivity index is 2.37. The molecule has 0 bridgehead atoms. The van der Waals surface area contributed by atoms with Gasteiger partial charge in [0.2, 0.25) is 0 Å². The summed E-state index contributed by atoms with van der Waals surface area (Å²) in [6.45, 7) is 2.41. The van der Waals surface area contributed by atoms with Gasteiger partial charge in [0.1, 0.15) is 6.61 Å². The summed E-state index contributed by atoms with van der Waals surface area (Å²) in [4.78, 5) is 8.55. The van der Waals surface area contributed by atoms with Crippen molar-refractivity contribution in [3.63, 3.8) is 0 Å². The van der Waals surface area contributed by atoms with E-state index in [4.69, 9.17) is 4.74 Å². The van der Waals surface area contributed by atoms with E-state index in [1.54, 1.807) is 18.0 Å². The van der Waals surface area contributed by atoms with Crippen LogP contribution in [0.3, 0.4) is 0 Å². The quantitative estimate of drug-likeness (QED) is 0.780. The lowest BCUT2D eigenvalue weighted by molar-refractivity contribution is 0.174. The fraction of sp³-hybridized carbons (Fsp3) is 0.364. The van der Waals surface area contributed by atoms with Crippen molar-refractivity contribution in [3.8, 4) is 11.4 Å². The van der Waals surface area contributed by atoms with E-state index in [2.05, 4.69) is 15.1 Å². The highest BCUT2D eigenvalue weighted by Crippen LogP contribution is 2.15. The zero-order valence-electron chi connectivity index (χ0n) is 9.64. The van der Waals surface area contributed by atoms with Gasteiger partial charge in [-0.05, 0) is 19.1 Å². The molecule has 0 N–H and O–H groups in total. The molecule has 0 aromatic carbocycles. The summed E-state index contributed by atoms with van der Waals surface area (Å²) in [5.41, 5.74) is 1.93. The monoisotopic (exact) mass is 218 g/mol. The molecule has 0 amide bonds. The van der Waals surface area contributed by atoms with Crippen LogP contribution in [0.25, 0.3) is 11.4 Å². The van der Waals surface area contributed by atoms with Crippen LogP contribution in [-0.4, -0.2) is 26.9 Å². The molecule has 2 aromatic heterocycles. The molecule has 0 aliphatic heterocycles. The Kier molecular flexibility index (Phi) is 2.96. The van der Waals surface area contributed by atoms with Crippen molar-refractivity contribution in [3.05, 3.63) is 29.8 Å². The minimum atomic E-state index is 0.466. The Labute approximate surface area is 94.1 Å². The number of hydrogen-bond acceptors (Lipinski definition) is 4. The maximum absolute atomic E-state index is 5.05. The molecule has 0 spiro atoms. The average molecular weight is 218 g/mol. The van der Waals surface area contributed by atoms with Gasteiger partial charge in [-0.25, -0.2) is 4.98 Å². The molecule has 0 fully saturated rings. The number of rotatable bonds is 3. The lowest BCUT2D eigenvalue weighted by Gasteiger charge is -1.95. The number of nitrogens with zero attached hydrogens (tertiary/aromatic N) is 4. The smallest absolute Gasteiger partial charge is 0.181 e. The molecule has 0 aliphatic carbocycles. The molecule has 2 aromatic rings. The Morgan fingerprint density at radius 2 is 2.25 bits per heavy atom. The van der Waals surface area contributed by atoms with E-state index in [-0.39, 0.29) is 0 Å². The molecule has 0 unspecified atom stereocenters. The lowest BCUT2D eigenvalue weighted by Crippen LogP contribution is -2.00. The van der Waals surface area contributed by atoms with Crippen LogP contribution >= 0.6 is 0 Å². The standard InChI is InChI=1S/C11H14N4O/c1-8-6-9(4-5-12-8)11-13-10(7-16-3)15(2)14-11/h4-6H,7H2,1-3H3. The number of methoxy groups -OCH3 is 1. The summed E-state index contributed by atoms with van der Waals surface area (Å²) >= 11 is 0. The number of hydrogen-bond donors (Lipinski definition) is 0. The molecule has 0 radical (unpaired) electrons. The van der Waals surface area contributed by atoms with Crippen LogP contribution in [0, 0.1) is 6.92 Å². The van der Waals surface area contributed by atoms with Crippen LogP contribution in [0.2, 0.25) is 0 Å². The minimum Gasteiger partial charge on any atom is -0.377 e. The first-order valence-electron chi connectivity index (χ1n) is 5.02. The molecule has 0 saturated carbocycles. The van der Waals surface area contributed by atoms with Gasteiger partial charge in [0.15, 0.2) is 11.6 Å². The Hall–Kier alpha value is -1.75. The second-order valence-electron chi connectivity index (χ2n) is 3.59. The van der Waals surface area contributed by atoms with Crippen molar-refractivity contribution in [1.82, 2.24) is 19.7 Å². The molecule has 2 heterocycles. The predicted molar refractivity (Wildman–Crippen MR) is 59.7 cm³/mol. The summed E-state index contributed by atoms with van der Waals surface area (Å²) in [5.74, 6) is 1.52. The highest BCUT2D eigenvalue weighted by Gasteiger charge is 2.08. The zero-order valence-corrected chi connectivity index (χ0v) is 9.64. The highest BCUT2D eigenvalue weighted by molar-refractivity contribution is 5.54. The minimum absolute atomic E-state index is 0.466. The van der Waals surface area contributed by atoms with E-state index in [1.807, 2.05) is 26.1 Å². The Bertz CT molecular complexity index is 492. The van der Waals surface area contributed by atoms with Gasteiger partial charge in [-0.1, -0.05) is 0 Å². The number of aryl methyl sites for hydroxylation is 2. The second kappa shape index (κ2) is 4.40.